The van der Waals surface area contributed by atoms with E-state index in [1.807, 2.05) is 13.0 Å². The van der Waals surface area contributed by atoms with Gasteiger partial charge in [-0.3, -0.25) is 14.5 Å². The van der Waals surface area contributed by atoms with Crippen molar-refractivity contribution in [2.75, 3.05) is 52.6 Å². The molecular weight excluding hydrogens is 500 g/mol. The van der Waals surface area contributed by atoms with E-state index in [9.17, 15) is 19.8 Å². The molecule has 2 aliphatic heterocycles. The molecule has 0 radical (unpaired) electrons. The number of rotatable bonds is 10. The zero-order valence-corrected chi connectivity index (χ0v) is 23.1. The average molecular weight is 539 g/mol. The lowest BCUT2D eigenvalue weighted by molar-refractivity contribution is -0.140. The monoisotopic (exact) mass is 538 g/mol. The van der Waals surface area contributed by atoms with Gasteiger partial charge in [-0.05, 0) is 61.2 Å². The van der Waals surface area contributed by atoms with E-state index in [1.54, 1.807) is 31.2 Å². The number of aliphatic hydroxyl groups is 1. The van der Waals surface area contributed by atoms with Gasteiger partial charge in [-0.1, -0.05) is 19.9 Å². The largest absolute Gasteiger partial charge is 0.507 e. The number of Topliss-reactive ketones (excluding diaryl/α,β-unsaturated/α-hetero) is 1. The topological polar surface area (TPSA) is 109 Å². The molecule has 2 aromatic carbocycles. The number of ether oxygens (including phenoxy) is 3. The first-order chi connectivity index (χ1) is 18.7. The molecule has 1 atom stereocenters. The number of hydrogen-bond acceptors (Lipinski definition) is 8. The molecular formula is C30H38N2O7. The molecule has 9 nitrogen and oxygen atoms in total. The van der Waals surface area contributed by atoms with E-state index in [4.69, 9.17) is 14.2 Å². The van der Waals surface area contributed by atoms with E-state index < -0.39 is 17.7 Å². The highest BCUT2D eigenvalue weighted by molar-refractivity contribution is 6.46. The summed E-state index contributed by atoms with van der Waals surface area (Å²) in [6.45, 7) is 12.2. The number of morpholine rings is 1. The molecule has 1 amide bonds. The van der Waals surface area contributed by atoms with Gasteiger partial charge in [-0.2, -0.15) is 0 Å². The molecule has 2 saturated heterocycles. The molecule has 0 aliphatic carbocycles. The molecule has 0 saturated carbocycles. The number of aliphatic hydroxyl groups excluding tert-OH is 1. The quantitative estimate of drug-likeness (QED) is 0.267. The van der Waals surface area contributed by atoms with Crippen LogP contribution in [0.1, 0.15) is 43.5 Å². The number of benzene rings is 2. The summed E-state index contributed by atoms with van der Waals surface area (Å²) in [6.07, 6.45) is 0. The van der Waals surface area contributed by atoms with Gasteiger partial charge in [0, 0.05) is 31.7 Å². The van der Waals surface area contributed by atoms with Gasteiger partial charge in [-0.25, -0.2) is 0 Å². The van der Waals surface area contributed by atoms with E-state index in [-0.39, 0.29) is 29.4 Å². The Labute approximate surface area is 229 Å². The van der Waals surface area contributed by atoms with Crippen molar-refractivity contribution in [1.82, 2.24) is 9.80 Å². The lowest BCUT2D eigenvalue weighted by Crippen LogP contribution is -2.42. The molecule has 0 spiro atoms. The lowest BCUT2D eigenvalue weighted by Gasteiger charge is -2.31. The molecule has 2 fully saturated rings. The Bertz CT molecular complexity index is 1230. The van der Waals surface area contributed by atoms with Gasteiger partial charge >= 0.3 is 0 Å². The summed E-state index contributed by atoms with van der Waals surface area (Å²) in [5, 5.41) is 21.8. The minimum Gasteiger partial charge on any atom is -0.507 e. The Morgan fingerprint density at radius 2 is 1.82 bits per heavy atom. The number of aromatic hydroxyl groups is 1. The summed E-state index contributed by atoms with van der Waals surface area (Å²) in [4.78, 5) is 30.5. The second-order valence-corrected chi connectivity index (χ2v) is 10.3. The van der Waals surface area contributed by atoms with Crippen molar-refractivity contribution >= 4 is 17.4 Å². The van der Waals surface area contributed by atoms with Gasteiger partial charge in [-0.15, -0.1) is 0 Å². The predicted octanol–water partition coefficient (Wildman–Crippen LogP) is 3.89. The normalized spacial score (nSPS) is 19.6. The summed E-state index contributed by atoms with van der Waals surface area (Å²) in [7, 11) is 0. The Morgan fingerprint density at radius 3 is 2.49 bits per heavy atom. The molecule has 4 rings (SSSR count). The van der Waals surface area contributed by atoms with Crippen molar-refractivity contribution in [2.45, 2.75) is 33.7 Å². The number of carbonyl (C=O) groups is 2. The number of hydrogen-bond donors (Lipinski definition) is 2. The lowest BCUT2D eigenvalue weighted by atomic mass is 9.93. The summed E-state index contributed by atoms with van der Waals surface area (Å²) < 4.78 is 16.8. The summed E-state index contributed by atoms with van der Waals surface area (Å²) in [6, 6.07) is 9.19. The van der Waals surface area contributed by atoms with E-state index in [2.05, 4.69) is 18.7 Å². The number of phenols is 1. The molecule has 2 N–H and O–H groups in total. The Kier molecular flexibility index (Phi) is 9.14. The third-order valence-electron chi connectivity index (χ3n) is 6.94. The summed E-state index contributed by atoms with van der Waals surface area (Å²) in [5.74, 6) is -0.430. The number of ketones is 1. The van der Waals surface area contributed by atoms with Gasteiger partial charge in [0.1, 0.15) is 11.5 Å². The smallest absolute Gasteiger partial charge is 0.295 e. The standard InChI is InChI=1S/C30H38N2O7/c1-5-38-25-17-21(6-9-24(25)33)27-26(28(34)23-8-7-22(16-20(23)4)39-18-19(2)3)29(35)30(36)32(27)11-10-31-12-14-37-15-13-31/h6-9,16-17,19,27,33-34H,5,10-15,18H2,1-4H3/b28-26+. The molecule has 9 heteroatoms. The van der Waals surface area contributed by atoms with Gasteiger partial charge in [0.25, 0.3) is 11.7 Å². The number of aryl methyl sites for hydroxylation is 1. The first kappa shape index (κ1) is 28.4. The summed E-state index contributed by atoms with van der Waals surface area (Å²) in [5.41, 5.74) is 1.74. The maximum atomic E-state index is 13.5. The van der Waals surface area contributed by atoms with Crippen LogP contribution in [0.15, 0.2) is 42.0 Å². The minimum atomic E-state index is -0.845. The Hall–Kier alpha value is -3.56. The van der Waals surface area contributed by atoms with Crippen LogP contribution in [0, 0.1) is 12.8 Å². The van der Waals surface area contributed by atoms with Crippen molar-refractivity contribution in [3.05, 3.63) is 58.7 Å². The van der Waals surface area contributed by atoms with Crippen LogP contribution in [0.5, 0.6) is 17.2 Å². The number of carbonyl (C=O) groups excluding carboxylic acids is 2. The number of nitrogens with zero attached hydrogens (tertiary/aromatic N) is 2. The first-order valence-electron chi connectivity index (χ1n) is 13.5. The fourth-order valence-corrected chi connectivity index (χ4v) is 4.90. The van der Waals surface area contributed by atoms with E-state index in [0.717, 1.165) is 13.1 Å². The van der Waals surface area contributed by atoms with Crippen LogP contribution in [-0.2, 0) is 14.3 Å². The fourth-order valence-electron chi connectivity index (χ4n) is 4.90. The zero-order valence-electron chi connectivity index (χ0n) is 23.1. The predicted molar refractivity (Wildman–Crippen MR) is 147 cm³/mol. The van der Waals surface area contributed by atoms with Crippen molar-refractivity contribution in [1.29, 1.82) is 0 Å². The maximum absolute atomic E-state index is 13.5. The Balaban J connectivity index is 1.75. The highest BCUT2D eigenvalue weighted by Crippen LogP contribution is 2.42. The molecule has 2 aromatic rings. The van der Waals surface area contributed by atoms with Crippen LogP contribution >= 0.6 is 0 Å². The van der Waals surface area contributed by atoms with Crippen LogP contribution in [-0.4, -0.2) is 84.3 Å². The van der Waals surface area contributed by atoms with Gasteiger partial charge in [0.2, 0.25) is 0 Å². The molecule has 0 aromatic heterocycles. The van der Waals surface area contributed by atoms with Gasteiger partial charge in [0.15, 0.2) is 11.5 Å². The Morgan fingerprint density at radius 1 is 1.08 bits per heavy atom. The van der Waals surface area contributed by atoms with E-state index in [1.165, 1.54) is 11.0 Å². The third-order valence-corrected chi connectivity index (χ3v) is 6.94. The molecule has 210 valence electrons. The number of likely N-dealkylation sites (tertiary alicyclic amines) is 1. The van der Waals surface area contributed by atoms with Crippen LogP contribution in [0.25, 0.3) is 5.76 Å². The highest BCUT2D eigenvalue weighted by Gasteiger charge is 2.46. The zero-order chi connectivity index (χ0) is 28.1. The van der Waals surface area contributed by atoms with Crippen LogP contribution in [0.2, 0.25) is 0 Å². The van der Waals surface area contributed by atoms with Crippen LogP contribution in [0.3, 0.4) is 0 Å². The highest BCUT2D eigenvalue weighted by atomic mass is 16.5. The minimum absolute atomic E-state index is 0.00839. The molecule has 2 heterocycles. The SMILES string of the molecule is CCOc1cc(C2/C(=C(\O)c3ccc(OCC(C)C)cc3C)C(=O)C(=O)N2CCN2CCOCC2)ccc1O. The van der Waals surface area contributed by atoms with Crippen molar-refractivity contribution in [3.8, 4) is 17.2 Å². The molecule has 1 unspecified atom stereocenters. The van der Waals surface area contributed by atoms with E-state index in [0.29, 0.717) is 61.3 Å². The van der Waals surface area contributed by atoms with Crippen LogP contribution in [0.4, 0.5) is 0 Å². The molecule has 2 aliphatic rings. The average Bonchev–Trinajstić information content (AvgIpc) is 3.17. The second kappa shape index (κ2) is 12.5. The van der Waals surface area contributed by atoms with Crippen LogP contribution < -0.4 is 9.47 Å². The number of phenolic OH excluding ortho intramolecular Hbond substituents is 1. The third kappa shape index (κ3) is 6.37. The second-order valence-electron chi connectivity index (χ2n) is 10.3. The molecule has 0 bridgehead atoms. The fraction of sp³-hybridized carbons (Fsp3) is 0.467. The summed E-state index contributed by atoms with van der Waals surface area (Å²) >= 11 is 0. The van der Waals surface area contributed by atoms with Gasteiger partial charge < -0.3 is 29.3 Å². The van der Waals surface area contributed by atoms with Crippen molar-refractivity contribution in [2.24, 2.45) is 5.92 Å². The van der Waals surface area contributed by atoms with Gasteiger partial charge in [0.05, 0.1) is 38.0 Å². The first-order valence-corrected chi connectivity index (χ1v) is 13.5. The number of amides is 1. The van der Waals surface area contributed by atoms with Crippen molar-refractivity contribution in [3.63, 3.8) is 0 Å². The van der Waals surface area contributed by atoms with E-state index >= 15 is 0 Å². The van der Waals surface area contributed by atoms with Crippen molar-refractivity contribution < 1.29 is 34.0 Å². The molecule has 39 heavy (non-hydrogen) atoms. The maximum Gasteiger partial charge on any atom is 0.295 e.